The van der Waals surface area contributed by atoms with Crippen LogP contribution in [0.5, 0.6) is 5.75 Å². The second kappa shape index (κ2) is 12.9. The molecule has 0 unspecified atom stereocenters. The standard InChI is InChI=1S/C24H32FN3O2.HI/c1-3-26-23(27-17-19-5-9-21(25)10-6-19)28-18-24(13-15-29-16-14-24)20-7-11-22(12-8-20)30-4-2;/h5-12H,3-4,13-18H2,1-2H3,(H2,26,27,28);1H. The molecule has 0 amide bonds. The van der Waals surface area contributed by atoms with Gasteiger partial charge in [-0.25, -0.2) is 9.38 Å². The fraction of sp³-hybridized carbons (Fsp3) is 0.458. The molecule has 7 heteroatoms. The summed E-state index contributed by atoms with van der Waals surface area (Å²) in [6.45, 7) is 8.23. The van der Waals surface area contributed by atoms with E-state index in [4.69, 9.17) is 9.47 Å². The van der Waals surface area contributed by atoms with Crippen molar-refractivity contribution in [1.82, 2.24) is 10.6 Å². The number of guanidine groups is 1. The highest BCUT2D eigenvalue weighted by atomic mass is 127. The van der Waals surface area contributed by atoms with Gasteiger partial charge in [0.2, 0.25) is 0 Å². The molecule has 1 saturated heterocycles. The molecule has 170 valence electrons. The summed E-state index contributed by atoms with van der Waals surface area (Å²) in [5.41, 5.74) is 2.24. The van der Waals surface area contributed by atoms with Gasteiger partial charge < -0.3 is 20.1 Å². The fourth-order valence-electron chi connectivity index (χ4n) is 3.76. The molecule has 0 atom stereocenters. The summed E-state index contributed by atoms with van der Waals surface area (Å²) in [4.78, 5) is 4.68. The van der Waals surface area contributed by atoms with Gasteiger partial charge in [0.05, 0.1) is 13.2 Å². The maximum atomic E-state index is 13.1. The number of ether oxygens (including phenoxy) is 2. The SMILES string of the molecule is CCNC(=NCc1ccc(F)cc1)NCC1(c2ccc(OCC)cc2)CCOCC1.I. The number of nitrogens with one attached hydrogen (secondary N) is 2. The summed E-state index contributed by atoms with van der Waals surface area (Å²) < 4.78 is 24.4. The lowest BCUT2D eigenvalue weighted by molar-refractivity contribution is 0.0513. The molecule has 0 radical (unpaired) electrons. The van der Waals surface area contributed by atoms with Crippen LogP contribution in [0, 0.1) is 5.82 Å². The molecule has 0 saturated carbocycles. The first-order valence-electron chi connectivity index (χ1n) is 10.7. The Morgan fingerprint density at radius 2 is 1.71 bits per heavy atom. The predicted octanol–water partition coefficient (Wildman–Crippen LogP) is 4.65. The van der Waals surface area contributed by atoms with Crippen LogP contribution in [0.2, 0.25) is 0 Å². The highest BCUT2D eigenvalue weighted by Gasteiger charge is 2.34. The van der Waals surface area contributed by atoms with E-state index in [0.29, 0.717) is 13.2 Å². The first-order chi connectivity index (χ1) is 14.6. The lowest BCUT2D eigenvalue weighted by Gasteiger charge is -2.38. The van der Waals surface area contributed by atoms with Gasteiger partial charge in [-0.3, -0.25) is 0 Å². The van der Waals surface area contributed by atoms with Crippen LogP contribution in [-0.2, 0) is 16.7 Å². The average Bonchev–Trinajstić information content (AvgIpc) is 2.78. The van der Waals surface area contributed by atoms with E-state index in [1.165, 1.54) is 17.7 Å². The summed E-state index contributed by atoms with van der Waals surface area (Å²) in [6.07, 6.45) is 1.90. The third-order valence-electron chi connectivity index (χ3n) is 5.50. The Morgan fingerprint density at radius 3 is 2.32 bits per heavy atom. The van der Waals surface area contributed by atoms with Crippen LogP contribution in [0.15, 0.2) is 53.5 Å². The number of hydrogen-bond donors (Lipinski definition) is 2. The first kappa shape index (κ1) is 25.4. The highest BCUT2D eigenvalue weighted by molar-refractivity contribution is 14.0. The zero-order valence-electron chi connectivity index (χ0n) is 18.3. The van der Waals surface area contributed by atoms with Crippen molar-refractivity contribution in [1.29, 1.82) is 0 Å². The smallest absolute Gasteiger partial charge is 0.191 e. The van der Waals surface area contributed by atoms with Crippen LogP contribution in [0.25, 0.3) is 0 Å². The van der Waals surface area contributed by atoms with E-state index in [9.17, 15) is 4.39 Å². The van der Waals surface area contributed by atoms with E-state index in [1.807, 2.05) is 26.0 Å². The largest absolute Gasteiger partial charge is 0.494 e. The molecule has 0 aromatic heterocycles. The van der Waals surface area contributed by atoms with E-state index < -0.39 is 0 Å². The zero-order chi connectivity index (χ0) is 21.2. The molecule has 1 heterocycles. The van der Waals surface area contributed by atoms with E-state index >= 15 is 0 Å². The highest BCUT2D eigenvalue weighted by Crippen LogP contribution is 2.35. The number of nitrogens with zero attached hydrogens (tertiary/aromatic N) is 1. The normalized spacial score (nSPS) is 15.6. The minimum atomic E-state index is -0.232. The second-order valence-corrected chi connectivity index (χ2v) is 7.53. The molecule has 2 N–H and O–H groups in total. The molecule has 31 heavy (non-hydrogen) atoms. The minimum absolute atomic E-state index is 0. The van der Waals surface area contributed by atoms with Crippen LogP contribution in [-0.4, -0.2) is 38.9 Å². The van der Waals surface area contributed by atoms with Crippen molar-refractivity contribution in [2.24, 2.45) is 4.99 Å². The summed E-state index contributed by atoms with van der Waals surface area (Å²) >= 11 is 0. The Balaban J connectivity index is 0.00000341. The number of benzene rings is 2. The monoisotopic (exact) mass is 541 g/mol. The molecule has 1 aliphatic heterocycles. The molecular formula is C24H33FIN3O2. The van der Waals surface area contributed by atoms with Crippen molar-refractivity contribution < 1.29 is 13.9 Å². The molecule has 5 nitrogen and oxygen atoms in total. The maximum Gasteiger partial charge on any atom is 0.191 e. The van der Waals surface area contributed by atoms with Gasteiger partial charge >= 0.3 is 0 Å². The van der Waals surface area contributed by atoms with Crippen LogP contribution < -0.4 is 15.4 Å². The summed E-state index contributed by atoms with van der Waals surface area (Å²) in [6, 6.07) is 14.9. The lowest BCUT2D eigenvalue weighted by Crippen LogP contribution is -2.48. The van der Waals surface area contributed by atoms with Crippen molar-refractivity contribution in [3.63, 3.8) is 0 Å². The van der Waals surface area contributed by atoms with E-state index in [0.717, 1.165) is 56.4 Å². The molecular weight excluding hydrogens is 508 g/mol. The van der Waals surface area contributed by atoms with E-state index in [1.54, 1.807) is 12.1 Å². The van der Waals surface area contributed by atoms with Gasteiger partial charge in [0, 0.05) is 31.7 Å². The molecule has 2 aromatic rings. The Kier molecular flexibility index (Phi) is 10.5. The van der Waals surface area contributed by atoms with Crippen molar-refractivity contribution in [2.45, 2.75) is 38.6 Å². The first-order valence-corrected chi connectivity index (χ1v) is 10.7. The molecule has 3 rings (SSSR count). The Morgan fingerprint density at radius 1 is 1.03 bits per heavy atom. The van der Waals surface area contributed by atoms with Gasteiger partial charge in [-0.1, -0.05) is 24.3 Å². The maximum absolute atomic E-state index is 13.1. The van der Waals surface area contributed by atoms with E-state index in [2.05, 4.69) is 27.8 Å². The van der Waals surface area contributed by atoms with Gasteiger partial charge in [0.15, 0.2) is 5.96 Å². The number of halogens is 2. The molecule has 0 bridgehead atoms. The Labute approximate surface area is 201 Å². The minimum Gasteiger partial charge on any atom is -0.494 e. The molecule has 2 aromatic carbocycles. The van der Waals surface area contributed by atoms with Crippen molar-refractivity contribution in [2.75, 3.05) is 32.9 Å². The summed E-state index contributed by atoms with van der Waals surface area (Å²) in [5.74, 6) is 1.42. The Bertz CT molecular complexity index is 807. The van der Waals surface area contributed by atoms with Gasteiger partial charge in [0.25, 0.3) is 0 Å². The molecule has 0 spiro atoms. The summed E-state index contributed by atoms with van der Waals surface area (Å²) in [7, 11) is 0. The third kappa shape index (κ3) is 7.35. The lowest BCUT2D eigenvalue weighted by atomic mass is 9.74. The van der Waals surface area contributed by atoms with Gasteiger partial charge in [-0.15, -0.1) is 24.0 Å². The van der Waals surface area contributed by atoms with Crippen LogP contribution in [0.1, 0.15) is 37.8 Å². The van der Waals surface area contributed by atoms with Gasteiger partial charge in [-0.2, -0.15) is 0 Å². The van der Waals surface area contributed by atoms with Gasteiger partial charge in [0.1, 0.15) is 11.6 Å². The van der Waals surface area contributed by atoms with Crippen molar-refractivity contribution in [3.8, 4) is 5.75 Å². The van der Waals surface area contributed by atoms with Crippen molar-refractivity contribution in [3.05, 3.63) is 65.5 Å². The fourth-order valence-corrected chi connectivity index (χ4v) is 3.76. The van der Waals surface area contributed by atoms with Crippen LogP contribution >= 0.6 is 24.0 Å². The Hall–Kier alpha value is -1.87. The molecule has 1 fully saturated rings. The molecule has 0 aliphatic carbocycles. The second-order valence-electron chi connectivity index (χ2n) is 7.53. The number of hydrogen-bond acceptors (Lipinski definition) is 3. The van der Waals surface area contributed by atoms with Crippen molar-refractivity contribution >= 4 is 29.9 Å². The quantitative estimate of drug-likeness (QED) is 0.291. The number of aliphatic imine (C=N–C) groups is 1. The van der Waals surface area contributed by atoms with E-state index in [-0.39, 0.29) is 35.2 Å². The average molecular weight is 541 g/mol. The molecule has 1 aliphatic rings. The summed E-state index contributed by atoms with van der Waals surface area (Å²) in [5, 5.41) is 6.84. The van der Waals surface area contributed by atoms with Crippen LogP contribution in [0.3, 0.4) is 0 Å². The third-order valence-corrected chi connectivity index (χ3v) is 5.50. The van der Waals surface area contributed by atoms with Crippen LogP contribution in [0.4, 0.5) is 4.39 Å². The topological polar surface area (TPSA) is 54.9 Å². The van der Waals surface area contributed by atoms with Gasteiger partial charge in [-0.05, 0) is 62.1 Å². The number of rotatable bonds is 8. The zero-order valence-corrected chi connectivity index (χ0v) is 20.7. The predicted molar refractivity (Wildman–Crippen MR) is 134 cm³/mol.